The highest BCUT2D eigenvalue weighted by molar-refractivity contribution is 8.16. The highest BCUT2D eigenvalue weighted by Crippen LogP contribution is 2.24. The van der Waals surface area contributed by atoms with E-state index < -0.39 is 0 Å². The minimum absolute atomic E-state index is 0.0341. The molecule has 1 heterocycles. The van der Waals surface area contributed by atoms with Crippen LogP contribution in [0.15, 0.2) is 0 Å². The number of hydrogen-bond acceptors (Lipinski definition) is 2. The summed E-state index contributed by atoms with van der Waals surface area (Å²) in [5.41, 5.74) is 0.397. The molecule has 0 spiro atoms. The monoisotopic (exact) mass is 150 g/mol. The normalized spacial score (nSPS) is 30.0. The SMILES string of the molecule is C[SH](C)C1COCCO1. The van der Waals surface area contributed by atoms with Crippen LogP contribution in [0.4, 0.5) is 0 Å². The van der Waals surface area contributed by atoms with E-state index in [0.717, 1.165) is 19.8 Å². The zero-order chi connectivity index (χ0) is 6.69. The van der Waals surface area contributed by atoms with Crippen molar-refractivity contribution in [2.75, 3.05) is 32.3 Å². The Kier molecular flexibility index (Phi) is 2.82. The van der Waals surface area contributed by atoms with Crippen molar-refractivity contribution in [1.82, 2.24) is 0 Å². The van der Waals surface area contributed by atoms with E-state index in [-0.39, 0.29) is 10.9 Å². The van der Waals surface area contributed by atoms with Gasteiger partial charge in [-0.05, 0) is 12.5 Å². The predicted molar refractivity (Wildman–Crippen MR) is 41.4 cm³/mol. The van der Waals surface area contributed by atoms with Crippen LogP contribution in [0.2, 0.25) is 0 Å². The Bertz CT molecular complexity index is 79.1. The zero-order valence-corrected chi connectivity index (χ0v) is 6.86. The maximum Gasteiger partial charge on any atom is 0.109 e. The molecule has 0 aliphatic carbocycles. The van der Waals surface area contributed by atoms with Crippen LogP contribution in [0.3, 0.4) is 0 Å². The summed E-state index contributed by atoms with van der Waals surface area (Å²) in [6.45, 7) is 2.36. The lowest BCUT2D eigenvalue weighted by molar-refractivity contribution is -0.0504. The maximum absolute atomic E-state index is 5.44. The summed E-state index contributed by atoms with van der Waals surface area (Å²) in [6, 6.07) is 0. The van der Waals surface area contributed by atoms with Crippen molar-refractivity contribution in [3.63, 3.8) is 0 Å². The Morgan fingerprint density at radius 3 is 2.44 bits per heavy atom. The fourth-order valence-electron chi connectivity index (χ4n) is 0.773. The van der Waals surface area contributed by atoms with E-state index in [0.29, 0.717) is 5.44 Å². The molecule has 1 fully saturated rings. The van der Waals surface area contributed by atoms with Crippen LogP contribution in [0.25, 0.3) is 0 Å². The molecule has 0 amide bonds. The van der Waals surface area contributed by atoms with Gasteiger partial charge in [-0.3, -0.25) is 0 Å². The quantitative estimate of drug-likeness (QED) is 0.552. The minimum Gasteiger partial charge on any atom is -0.376 e. The van der Waals surface area contributed by atoms with E-state index in [1.54, 1.807) is 0 Å². The van der Waals surface area contributed by atoms with Gasteiger partial charge in [0.15, 0.2) is 0 Å². The molecule has 0 aromatic carbocycles. The number of ether oxygens (including phenoxy) is 2. The van der Waals surface area contributed by atoms with E-state index in [9.17, 15) is 0 Å². The largest absolute Gasteiger partial charge is 0.376 e. The van der Waals surface area contributed by atoms with Crippen molar-refractivity contribution in [2.24, 2.45) is 0 Å². The fraction of sp³-hybridized carbons (Fsp3) is 1.00. The highest BCUT2D eigenvalue weighted by Gasteiger charge is 2.14. The number of rotatable bonds is 1. The third-order valence-corrected chi connectivity index (χ3v) is 2.82. The average Bonchev–Trinajstić information content (AvgIpc) is 1.90. The minimum atomic E-state index is 0.0341. The first kappa shape index (κ1) is 7.38. The second-order valence-corrected chi connectivity index (χ2v) is 4.87. The Labute approximate surface area is 58.9 Å². The third kappa shape index (κ3) is 2.16. The van der Waals surface area contributed by atoms with E-state index in [1.165, 1.54) is 0 Å². The fourth-order valence-corrected chi connectivity index (χ4v) is 1.58. The number of thiol groups is 1. The molecule has 0 radical (unpaired) electrons. The zero-order valence-electron chi connectivity index (χ0n) is 5.96. The Morgan fingerprint density at radius 2 is 2.11 bits per heavy atom. The molecule has 1 rings (SSSR count). The summed E-state index contributed by atoms with van der Waals surface area (Å²) in [5.74, 6) is 0. The van der Waals surface area contributed by atoms with Crippen LogP contribution in [0, 0.1) is 0 Å². The van der Waals surface area contributed by atoms with E-state index >= 15 is 0 Å². The molecular formula is C6H14O2S. The van der Waals surface area contributed by atoms with Crippen molar-refractivity contribution in [3.8, 4) is 0 Å². The van der Waals surface area contributed by atoms with Crippen LogP contribution in [-0.4, -0.2) is 37.8 Å². The molecule has 0 N–H and O–H groups in total. The summed E-state index contributed by atoms with van der Waals surface area (Å²) >= 11 is 0. The molecule has 1 unspecified atom stereocenters. The van der Waals surface area contributed by atoms with Crippen LogP contribution in [-0.2, 0) is 9.47 Å². The third-order valence-electron chi connectivity index (χ3n) is 1.37. The van der Waals surface area contributed by atoms with Gasteiger partial charge >= 0.3 is 0 Å². The molecule has 3 heteroatoms. The average molecular weight is 150 g/mol. The maximum atomic E-state index is 5.44. The molecule has 1 saturated heterocycles. The topological polar surface area (TPSA) is 18.5 Å². The van der Waals surface area contributed by atoms with Gasteiger partial charge in [-0.1, -0.05) is 0 Å². The van der Waals surface area contributed by atoms with Crippen LogP contribution in [0.5, 0.6) is 0 Å². The molecule has 0 saturated carbocycles. The molecule has 56 valence electrons. The van der Waals surface area contributed by atoms with E-state index in [1.807, 2.05) is 0 Å². The van der Waals surface area contributed by atoms with Crippen molar-refractivity contribution in [2.45, 2.75) is 5.44 Å². The van der Waals surface area contributed by atoms with Crippen molar-refractivity contribution in [3.05, 3.63) is 0 Å². The molecule has 1 atom stereocenters. The number of hydrogen-bond donors (Lipinski definition) is 1. The Hall–Kier alpha value is 0.270. The smallest absolute Gasteiger partial charge is 0.109 e. The van der Waals surface area contributed by atoms with Gasteiger partial charge in [0, 0.05) is 0 Å². The van der Waals surface area contributed by atoms with Crippen LogP contribution >= 0.6 is 10.9 Å². The van der Waals surface area contributed by atoms with Gasteiger partial charge in [-0.25, -0.2) is 10.9 Å². The first-order valence-electron chi connectivity index (χ1n) is 3.16. The van der Waals surface area contributed by atoms with Crippen molar-refractivity contribution in [1.29, 1.82) is 0 Å². The lowest BCUT2D eigenvalue weighted by Crippen LogP contribution is -2.27. The standard InChI is InChI=1S/C6H14O2S/c1-9(2)6-5-7-3-4-8-6/h6,9H,3-5H2,1-2H3. The van der Waals surface area contributed by atoms with Gasteiger partial charge in [0.1, 0.15) is 5.44 Å². The van der Waals surface area contributed by atoms with E-state index in [2.05, 4.69) is 12.5 Å². The van der Waals surface area contributed by atoms with Crippen LogP contribution < -0.4 is 0 Å². The molecule has 2 nitrogen and oxygen atoms in total. The molecule has 0 aromatic heterocycles. The Balaban J connectivity index is 2.23. The lowest BCUT2D eigenvalue weighted by Gasteiger charge is -2.27. The summed E-state index contributed by atoms with van der Waals surface area (Å²) in [4.78, 5) is 0. The van der Waals surface area contributed by atoms with Crippen molar-refractivity contribution >= 4 is 10.9 Å². The summed E-state index contributed by atoms with van der Waals surface area (Å²) < 4.78 is 10.7. The highest BCUT2D eigenvalue weighted by atomic mass is 32.2. The van der Waals surface area contributed by atoms with Gasteiger partial charge in [0.05, 0.1) is 19.8 Å². The molecule has 0 bridgehead atoms. The molecule has 1 aliphatic rings. The summed E-state index contributed by atoms with van der Waals surface area (Å²) in [7, 11) is 0.0341. The first-order valence-corrected chi connectivity index (χ1v) is 5.47. The first-order chi connectivity index (χ1) is 4.30. The van der Waals surface area contributed by atoms with E-state index in [4.69, 9.17) is 9.47 Å². The van der Waals surface area contributed by atoms with Crippen molar-refractivity contribution < 1.29 is 9.47 Å². The van der Waals surface area contributed by atoms with Gasteiger partial charge in [0.25, 0.3) is 0 Å². The summed E-state index contributed by atoms with van der Waals surface area (Å²) in [6.07, 6.45) is 4.43. The van der Waals surface area contributed by atoms with Gasteiger partial charge in [0.2, 0.25) is 0 Å². The molecule has 0 aromatic rings. The van der Waals surface area contributed by atoms with Gasteiger partial charge in [-0.2, -0.15) is 0 Å². The predicted octanol–water partition coefficient (Wildman–Crippen LogP) is 0.620. The molecular weight excluding hydrogens is 136 g/mol. The summed E-state index contributed by atoms with van der Waals surface area (Å²) in [5, 5.41) is 0. The molecule has 9 heavy (non-hydrogen) atoms. The van der Waals surface area contributed by atoms with Crippen LogP contribution in [0.1, 0.15) is 0 Å². The Morgan fingerprint density at radius 1 is 1.33 bits per heavy atom. The van der Waals surface area contributed by atoms with Gasteiger partial charge < -0.3 is 9.47 Å². The lowest BCUT2D eigenvalue weighted by atomic mass is 10.6. The molecule has 1 aliphatic heterocycles. The second kappa shape index (κ2) is 3.44. The van der Waals surface area contributed by atoms with Gasteiger partial charge in [-0.15, -0.1) is 0 Å². The second-order valence-electron chi connectivity index (χ2n) is 2.36.